The van der Waals surface area contributed by atoms with Crippen molar-refractivity contribution in [1.29, 1.82) is 0 Å². The van der Waals surface area contributed by atoms with Crippen molar-refractivity contribution in [2.75, 3.05) is 32.8 Å². The first-order valence-electron chi connectivity index (χ1n) is 7.02. The van der Waals surface area contributed by atoms with Gasteiger partial charge < -0.3 is 24.7 Å². The maximum atomic E-state index is 12.5. The number of aliphatic hydroxyl groups is 1. The van der Waals surface area contributed by atoms with Crippen molar-refractivity contribution in [3.05, 3.63) is 0 Å². The third-order valence-corrected chi connectivity index (χ3v) is 4.13. The number of hydrogen-bond acceptors (Lipinski definition) is 4. The van der Waals surface area contributed by atoms with Gasteiger partial charge in [-0.15, -0.1) is 0 Å². The number of carboxylic acid groups (broad SMARTS) is 1. The van der Waals surface area contributed by atoms with Gasteiger partial charge in [0.25, 0.3) is 0 Å². The highest BCUT2D eigenvalue weighted by Gasteiger charge is 2.37. The third kappa shape index (κ3) is 3.21. The van der Waals surface area contributed by atoms with Gasteiger partial charge in [0.15, 0.2) is 0 Å². The molecule has 2 rings (SSSR count). The molecule has 3 unspecified atom stereocenters. The fraction of sp³-hybridized carbons (Fsp3) is 0.846. The summed E-state index contributed by atoms with van der Waals surface area (Å²) in [6.45, 7) is 3.77. The van der Waals surface area contributed by atoms with Crippen molar-refractivity contribution < 1.29 is 24.5 Å². The van der Waals surface area contributed by atoms with Gasteiger partial charge in [0.1, 0.15) is 0 Å². The smallest absolute Gasteiger partial charge is 0.320 e. The first-order valence-corrected chi connectivity index (χ1v) is 7.02. The molecule has 7 nitrogen and oxygen atoms in total. The molecule has 0 aromatic carbocycles. The summed E-state index contributed by atoms with van der Waals surface area (Å²) >= 11 is 0. The van der Waals surface area contributed by atoms with Gasteiger partial charge in [0.2, 0.25) is 0 Å². The molecule has 0 aliphatic carbocycles. The molecule has 2 amide bonds. The van der Waals surface area contributed by atoms with Gasteiger partial charge in [-0.2, -0.15) is 0 Å². The molecule has 0 aromatic heterocycles. The second kappa shape index (κ2) is 6.41. The van der Waals surface area contributed by atoms with Crippen LogP contribution in [0.3, 0.4) is 0 Å². The summed E-state index contributed by atoms with van der Waals surface area (Å²) in [5.74, 6) is -0.632. The van der Waals surface area contributed by atoms with Crippen LogP contribution in [0.25, 0.3) is 0 Å². The number of carboxylic acids is 1. The van der Waals surface area contributed by atoms with Gasteiger partial charge in [-0.25, -0.2) is 4.79 Å². The van der Waals surface area contributed by atoms with Crippen LogP contribution in [0, 0.1) is 5.92 Å². The van der Waals surface area contributed by atoms with Crippen LogP contribution in [0.15, 0.2) is 0 Å². The number of nitrogens with zero attached hydrogens (tertiary/aromatic N) is 2. The number of urea groups is 1. The molecule has 7 heteroatoms. The number of hydrogen-bond donors (Lipinski definition) is 2. The van der Waals surface area contributed by atoms with E-state index in [-0.39, 0.29) is 25.1 Å². The Morgan fingerprint density at radius 3 is 2.75 bits per heavy atom. The zero-order valence-corrected chi connectivity index (χ0v) is 11.7. The molecule has 2 N–H and O–H groups in total. The van der Waals surface area contributed by atoms with Crippen LogP contribution in [0.1, 0.15) is 19.8 Å². The van der Waals surface area contributed by atoms with Crippen LogP contribution in [0.2, 0.25) is 0 Å². The van der Waals surface area contributed by atoms with Crippen LogP contribution < -0.4 is 0 Å². The highest BCUT2D eigenvalue weighted by atomic mass is 16.5. The fourth-order valence-corrected chi connectivity index (χ4v) is 2.92. The van der Waals surface area contributed by atoms with E-state index in [0.717, 1.165) is 6.42 Å². The van der Waals surface area contributed by atoms with E-state index in [1.165, 1.54) is 0 Å². The largest absolute Gasteiger partial charge is 0.481 e. The van der Waals surface area contributed by atoms with Crippen LogP contribution in [-0.4, -0.2) is 77.0 Å². The van der Waals surface area contributed by atoms with Crippen LogP contribution in [0.4, 0.5) is 4.79 Å². The second-order valence-electron chi connectivity index (χ2n) is 5.53. The molecule has 0 aromatic rings. The Morgan fingerprint density at radius 2 is 2.10 bits per heavy atom. The Balaban J connectivity index is 1.96. The van der Waals surface area contributed by atoms with Crippen LogP contribution in [-0.2, 0) is 9.53 Å². The van der Waals surface area contributed by atoms with E-state index in [1.54, 1.807) is 9.80 Å². The molecule has 3 atom stereocenters. The molecular weight excluding hydrogens is 264 g/mol. The number of carbonyl (C=O) groups is 2. The summed E-state index contributed by atoms with van der Waals surface area (Å²) in [5, 5.41) is 18.2. The summed E-state index contributed by atoms with van der Waals surface area (Å²) < 4.78 is 5.36. The Labute approximate surface area is 118 Å². The zero-order valence-electron chi connectivity index (χ0n) is 11.7. The molecule has 0 bridgehead atoms. The highest BCUT2D eigenvalue weighted by molar-refractivity contribution is 5.75. The molecular formula is C13H22N2O5. The first-order chi connectivity index (χ1) is 9.52. The topological polar surface area (TPSA) is 90.3 Å². The third-order valence-electron chi connectivity index (χ3n) is 4.13. The average Bonchev–Trinajstić information content (AvgIpc) is 2.78. The highest BCUT2D eigenvalue weighted by Crippen LogP contribution is 2.25. The van der Waals surface area contributed by atoms with Gasteiger partial charge in [-0.1, -0.05) is 6.92 Å². The summed E-state index contributed by atoms with van der Waals surface area (Å²) in [4.78, 5) is 26.5. The number of carbonyl (C=O) groups excluding carboxylic acids is 1. The maximum absolute atomic E-state index is 12.5. The quantitative estimate of drug-likeness (QED) is 0.761. The molecule has 2 aliphatic rings. The number of likely N-dealkylation sites (tertiary alicyclic amines) is 1. The molecule has 0 radical (unpaired) electrons. The van der Waals surface area contributed by atoms with Crippen molar-refractivity contribution in [2.45, 2.75) is 31.9 Å². The number of aliphatic hydroxyl groups excluding tert-OH is 1. The maximum Gasteiger partial charge on any atom is 0.320 e. The van der Waals surface area contributed by atoms with Gasteiger partial charge in [0.05, 0.1) is 31.8 Å². The molecule has 2 aliphatic heterocycles. The van der Waals surface area contributed by atoms with Crippen LogP contribution >= 0.6 is 0 Å². The van der Waals surface area contributed by atoms with E-state index in [9.17, 15) is 14.7 Å². The van der Waals surface area contributed by atoms with Gasteiger partial charge in [0, 0.05) is 19.6 Å². The average molecular weight is 286 g/mol. The van der Waals surface area contributed by atoms with Crippen molar-refractivity contribution in [2.24, 2.45) is 5.92 Å². The molecule has 2 fully saturated rings. The predicted octanol–water partition coefficient (Wildman–Crippen LogP) is -0.0154. The predicted molar refractivity (Wildman–Crippen MR) is 70.3 cm³/mol. The lowest BCUT2D eigenvalue weighted by atomic mass is 10.0. The molecule has 114 valence electrons. The van der Waals surface area contributed by atoms with Crippen molar-refractivity contribution in [3.8, 4) is 0 Å². The summed E-state index contributed by atoms with van der Waals surface area (Å²) in [6.07, 6.45) is 0.349. The lowest BCUT2D eigenvalue weighted by Crippen LogP contribution is -2.53. The van der Waals surface area contributed by atoms with E-state index in [4.69, 9.17) is 9.84 Å². The van der Waals surface area contributed by atoms with Crippen molar-refractivity contribution in [1.82, 2.24) is 9.80 Å². The molecule has 2 heterocycles. The van der Waals surface area contributed by atoms with E-state index in [0.29, 0.717) is 32.2 Å². The van der Waals surface area contributed by atoms with E-state index in [2.05, 4.69) is 0 Å². The number of rotatable bonds is 3. The Bertz CT molecular complexity index is 376. The minimum Gasteiger partial charge on any atom is -0.481 e. The van der Waals surface area contributed by atoms with Gasteiger partial charge in [-0.3, -0.25) is 4.79 Å². The molecule has 0 saturated carbocycles. The minimum absolute atomic E-state index is 0.0319. The standard InChI is InChI=1S/C13H22N2O5/c1-9-2-3-15(11(9)8-16)13(19)14-4-5-20-10(7-14)6-12(17)18/h9-11,16H,2-8H2,1H3,(H,17,18). The number of aliphatic carboxylic acids is 1. The summed E-state index contributed by atoms with van der Waals surface area (Å²) in [7, 11) is 0. The Hall–Kier alpha value is -1.34. The van der Waals surface area contributed by atoms with E-state index in [1.807, 2.05) is 6.92 Å². The normalized spacial score (nSPS) is 30.6. The number of amides is 2. The van der Waals surface area contributed by atoms with Gasteiger partial charge >= 0.3 is 12.0 Å². The van der Waals surface area contributed by atoms with Crippen molar-refractivity contribution in [3.63, 3.8) is 0 Å². The number of morpholine rings is 1. The molecule has 0 spiro atoms. The zero-order chi connectivity index (χ0) is 14.7. The number of ether oxygens (including phenoxy) is 1. The second-order valence-corrected chi connectivity index (χ2v) is 5.53. The Morgan fingerprint density at radius 1 is 1.35 bits per heavy atom. The van der Waals surface area contributed by atoms with Crippen LogP contribution in [0.5, 0.6) is 0 Å². The Kier molecular flexibility index (Phi) is 4.82. The van der Waals surface area contributed by atoms with Gasteiger partial charge in [-0.05, 0) is 12.3 Å². The fourth-order valence-electron chi connectivity index (χ4n) is 2.92. The molecule has 2 saturated heterocycles. The van der Waals surface area contributed by atoms with E-state index >= 15 is 0 Å². The lowest BCUT2D eigenvalue weighted by molar-refractivity contribution is -0.141. The van der Waals surface area contributed by atoms with Crippen molar-refractivity contribution >= 4 is 12.0 Å². The first kappa shape index (κ1) is 15.1. The summed E-state index contributed by atoms with van der Waals surface area (Å²) in [6, 6.07) is -0.254. The minimum atomic E-state index is -0.924. The molecule has 20 heavy (non-hydrogen) atoms. The monoisotopic (exact) mass is 286 g/mol. The SMILES string of the molecule is CC1CCN(C(=O)N2CCOC(CC(=O)O)C2)C1CO. The lowest BCUT2D eigenvalue weighted by Gasteiger charge is -2.36. The summed E-state index contributed by atoms with van der Waals surface area (Å²) in [5.41, 5.74) is 0. The van der Waals surface area contributed by atoms with E-state index < -0.39 is 12.1 Å².